The summed E-state index contributed by atoms with van der Waals surface area (Å²) in [5.41, 5.74) is 0. The summed E-state index contributed by atoms with van der Waals surface area (Å²) in [6.07, 6.45) is 38.9. The molecule has 0 spiro atoms. The monoisotopic (exact) mass is 929 g/mol. The molecule has 1 saturated carbocycles. The fourth-order valence-corrected chi connectivity index (χ4v) is 8.67. The number of phosphoric ester groups is 1. The topological polar surface area (TPSA) is 192 Å². The minimum Gasteiger partial charge on any atom is -0.457 e. The maximum Gasteiger partial charge on any atom is 0.472 e. The summed E-state index contributed by atoms with van der Waals surface area (Å²) in [5.74, 6) is -0.489. The van der Waals surface area contributed by atoms with Gasteiger partial charge in [-0.25, -0.2) is 4.57 Å². The van der Waals surface area contributed by atoms with E-state index in [9.17, 15) is 39.8 Å². The van der Waals surface area contributed by atoms with E-state index in [1.165, 1.54) is 96.3 Å². The van der Waals surface area contributed by atoms with Gasteiger partial charge in [0.05, 0.1) is 13.2 Å². The number of ether oxygens (including phenoxy) is 2. The van der Waals surface area contributed by atoms with Gasteiger partial charge >= 0.3 is 13.8 Å². The highest BCUT2D eigenvalue weighted by molar-refractivity contribution is 7.47. The zero-order valence-electron chi connectivity index (χ0n) is 40.1. The predicted molar refractivity (Wildman–Crippen MR) is 258 cm³/mol. The SMILES string of the molecule is CC/C=C\C/C=C\C/C=C\C/C=C\CCCCCCCCC(=O)OC(COCCCCCCCCCCCCCCCCCCCC)COP(=O)(O)OC1C(O)C(O)C(O)C(O)C1O. The first-order chi connectivity index (χ1) is 31.0. The van der Waals surface area contributed by atoms with Gasteiger partial charge in [-0.1, -0.05) is 197 Å². The summed E-state index contributed by atoms with van der Waals surface area (Å²) in [7, 11) is -5.03. The van der Waals surface area contributed by atoms with E-state index < -0.39 is 63.1 Å². The van der Waals surface area contributed by atoms with Gasteiger partial charge in [0.1, 0.15) is 42.7 Å². The summed E-state index contributed by atoms with van der Waals surface area (Å²) in [6, 6.07) is 0. The van der Waals surface area contributed by atoms with Crippen LogP contribution in [0.1, 0.15) is 206 Å². The van der Waals surface area contributed by atoms with Crippen molar-refractivity contribution >= 4 is 13.8 Å². The quantitative estimate of drug-likeness (QED) is 0.0147. The molecule has 0 saturated heterocycles. The molecule has 13 heteroatoms. The van der Waals surface area contributed by atoms with Gasteiger partial charge in [0.15, 0.2) is 0 Å². The Bertz CT molecular complexity index is 1240. The minimum absolute atomic E-state index is 0.0811. The van der Waals surface area contributed by atoms with Crippen molar-refractivity contribution in [3.05, 3.63) is 48.6 Å². The standard InChI is InChI=1S/C51H93O12P/c1-3-5-7-9-11-13-15-17-19-21-23-24-26-28-30-32-34-36-38-40-45(52)62-44(43-61-64(58,59)63-51-49(56)47(54)46(53)48(55)50(51)57)42-60-41-39-37-35-33-31-29-27-25-22-20-18-16-14-12-10-8-6-4-2/h5,7,11,13,17,19,23-24,44,46-51,53-57H,3-4,6,8-10,12,14-16,18,20-22,25-43H2,1-2H3,(H,58,59)/b7-5-,13-11-,19-17-,24-23-. The number of esters is 1. The first kappa shape index (κ1) is 60.3. The van der Waals surface area contributed by atoms with Crippen LogP contribution >= 0.6 is 7.82 Å². The molecule has 6 N–H and O–H groups in total. The van der Waals surface area contributed by atoms with Gasteiger partial charge in [0.2, 0.25) is 0 Å². The lowest BCUT2D eigenvalue weighted by Gasteiger charge is -2.41. The molecule has 6 atom stereocenters. The third-order valence-electron chi connectivity index (χ3n) is 11.7. The van der Waals surface area contributed by atoms with E-state index in [-0.39, 0.29) is 13.0 Å². The van der Waals surface area contributed by atoms with Crippen molar-refractivity contribution in [2.45, 2.75) is 249 Å². The van der Waals surface area contributed by atoms with E-state index in [1.807, 2.05) is 0 Å². The molecule has 0 amide bonds. The number of carbonyl (C=O) groups excluding carboxylic acids is 1. The lowest BCUT2D eigenvalue weighted by Crippen LogP contribution is -2.64. The lowest BCUT2D eigenvalue weighted by molar-refractivity contribution is -0.220. The van der Waals surface area contributed by atoms with Gasteiger partial charge in [0.25, 0.3) is 0 Å². The van der Waals surface area contributed by atoms with Crippen molar-refractivity contribution in [1.29, 1.82) is 0 Å². The third kappa shape index (κ3) is 32.9. The molecule has 1 aliphatic rings. The molecule has 0 aromatic heterocycles. The number of rotatable bonds is 43. The van der Waals surface area contributed by atoms with E-state index in [0.717, 1.165) is 83.5 Å². The fourth-order valence-electron chi connectivity index (χ4n) is 7.70. The number of hydrogen-bond donors (Lipinski definition) is 6. The van der Waals surface area contributed by atoms with E-state index >= 15 is 0 Å². The van der Waals surface area contributed by atoms with Crippen molar-refractivity contribution in [2.75, 3.05) is 19.8 Å². The normalized spacial score (nSPS) is 22.1. The second-order valence-electron chi connectivity index (χ2n) is 17.6. The smallest absolute Gasteiger partial charge is 0.457 e. The number of carbonyl (C=O) groups is 1. The summed E-state index contributed by atoms with van der Waals surface area (Å²) < 4.78 is 34.3. The number of allylic oxidation sites excluding steroid dienone is 8. The number of hydrogen-bond acceptors (Lipinski definition) is 11. The van der Waals surface area contributed by atoms with Gasteiger partial charge in [0, 0.05) is 13.0 Å². The molecular weight excluding hydrogens is 836 g/mol. The highest BCUT2D eigenvalue weighted by atomic mass is 31.2. The third-order valence-corrected chi connectivity index (χ3v) is 12.7. The number of phosphoric acid groups is 1. The van der Waals surface area contributed by atoms with Crippen molar-refractivity contribution in [1.82, 2.24) is 0 Å². The average Bonchev–Trinajstić information content (AvgIpc) is 3.28. The number of aliphatic hydroxyl groups is 5. The van der Waals surface area contributed by atoms with Gasteiger partial charge in [-0.05, 0) is 51.4 Å². The molecule has 12 nitrogen and oxygen atoms in total. The van der Waals surface area contributed by atoms with Crippen molar-refractivity contribution in [3.8, 4) is 0 Å². The van der Waals surface area contributed by atoms with Crippen molar-refractivity contribution in [3.63, 3.8) is 0 Å². The molecular formula is C51H93O12P. The second kappa shape index (κ2) is 41.5. The molecule has 64 heavy (non-hydrogen) atoms. The molecule has 374 valence electrons. The Labute approximate surface area is 388 Å². The molecule has 0 heterocycles. The summed E-state index contributed by atoms with van der Waals surface area (Å²) in [4.78, 5) is 23.2. The van der Waals surface area contributed by atoms with Gasteiger partial charge < -0.3 is 39.9 Å². The molecule has 0 aliphatic heterocycles. The first-order valence-corrected chi connectivity index (χ1v) is 27.0. The van der Waals surface area contributed by atoms with E-state index in [0.29, 0.717) is 13.0 Å². The van der Waals surface area contributed by atoms with E-state index in [4.69, 9.17) is 18.5 Å². The molecule has 0 aromatic rings. The van der Waals surface area contributed by atoms with Crippen LogP contribution in [0, 0.1) is 0 Å². The number of aliphatic hydroxyl groups excluding tert-OH is 5. The maximum atomic E-state index is 12.8. The largest absolute Gasteiger partial charge is 0.472 e. The first-order valence-electron chi connectivity index (χ1n) is 25.5. The van der Waals surface area contributed by atoms with Crippen LogP contribution < -0.4 is 0 Å². The summed E-state index contributed by atoms with van der Waals surface area (Å²) in [6.45, 7) is 4.16. The van der Waals surface area contributed by atoms with Gasteiger partial charge in [-0.2, -0.15) is 0 Å². The van der Waals surface area contributed by atoms with Crippen LogP contribution in [-0.4, -0.2) is 98.9 Å². The molecule has 6 unspecified atom stereocenters. The van der Waals surface area contributed by atoms with Gasteiger partial charge in [-0.3, -0.25) is 13.8 Å². The molecule has 0 radical (unpaired) electrons. The highest BCUT2D eigenvalue weighted by Gasteiger charge is 2.51. The number of unbranched alkanes of at least 4 members (excludes halogenated alkanes) is 23. The predicted octanol–water partition coefficient (Wildman–Crippen LogP) is 11.2. The van der Waals surface area contributed by atoms with Crippen LogP contribution in [0.15, 0.2) is 48.6 Å². The molecule has 1 fully saturated rings. The van der Waals surface area contributed by atoms with Crippen LogP contribution in [0.2, 0.25) is 0 Å². The van der Waals surface area contributed by atoms with Gasteiger partial charge in [-0.15, -0.1) is 0 Å². The Kier molecular flexibility index (Phi) is 39.1. The minimum atomic E-state index is -5.03. The maximum absolute atomic E-state index is 12.8. The lowest BCUT2D eigenvalue weighted by atomic mass is 9.85. The fraction of sp³-hybridized carbons (Fsp3) is 0.824. The van der Waals surface area contributed by atoms with E-state index in [2.05, 4.69) is 62.5 Å². The van der Waals surface area contributed by atoms with Crippen LogP contribution in [0.25, 0.3) is 0 Å². The van der Waals surface area contributed by atoms with Crippen LogP contribution in [0.5, 0.6) is 0 Å². The summed E-state index contributed by atoms with van der Waals surface area (Å²) >= 11 is 0. The second-order valence-corrected chi connectivity index (χ2v) is 19.1. The summed E-state index contributed by atoms with van der Waals surface area (Å²) in [5, 5.41) is 50.3. The molecule has 0 bridgehead atoms. The zero-order valence-corrected chi connectivity index (χ0v) is 41.0. The molecule has 1 rings (SSSR count). The molecule has 1 aliphatic carbocycles. The molecule has 0 aromatic carbocycles. The Morgan fingerprint density at radius 1 is 0.516 bits per heavy atom. The van der Waals surface area contributed by atoms with Crippen molar-refractivity contribution in [2.24, 2.45) is 0 Å². The highest BCUT2D eigenvalue weighted by Crippen LogP contribution is 2.47. The Morgan fingerprint density at radius 3 is 1.41 bits per heavy atom. The zero-order chi connectivity index (χ0) is 46.9. The Hall–Kier alpha value is -1.70. The Balaban J connectivity index is 2.36. The van der Waals surface area contributed by atoms with Crippen LogP contribution in [0.3, 0.4) is 0 Å². The van der Waals surface area contributed by atoms with Crippen molar-refractivity contribution < 1.29 is 58.3 Å². The average molecular weight is 929 g/mol. The van der Waals surface area contributed by atoms with E-state index in [1.54, 1.807) is 0 Å². The van der Waals surface area contributed by atoms with Crippen LogP contribution in [0.4, 0.5) is 0 Å². The van der Waals surface area contributed by atoms with Crippen LogP contribution in [-0.2, 0) is 27.9 Å². The Morgan fingerprint density at radius 2 is 0.922 bits per heavy atom.